The predicted molar refractivity (Wildman–Crippen MR) is 87.5 cm³/mol. The summed E-state index contributed by atoms with van der Waals surface area (Å²) in [6, 6.07) is 9.98. The summed E-state index contributed by atoms with van der Waals surface area (Å²) in [6.45, 7) is 11.4. The number of hydrogen-bond acceptors (Lipinski definition) is 3. The Bertz CT molecular complexity index is 404. The molecule has 0 bridgehead atoms. The van der Waals surface area contributed by atoms with E-state index >= 15 is 0 Å². The van der Waals surface area contributed by atoms with Gasteiger partial charge in [0.05, 0.1) is 0 Å². The Labute approximate surface area is 124 Å². The van der Waals surface area contributed by atoms with Crippen LogP contribution in [0.1, 0.15) is 38.8 Å². The minimum absolute atomic E-state index is 0.453. The molecule has 0 amide bonds. The van der Waals surface area contributed by atoms with Gasteiger partial charge in [0.15, 0.2) is 0 Å². The van der Waals surface area contributed by atoms with Crippen molar-refractivity contribution in [3.63, 3.8) is 0 Å². The zero-order chi connectivity index (χ0) is 14.5. The Morgan fingerprint density at radius 2 is 1.75 bits per heavy atom. The Morgan fingerprint density at radius 1 is 1.10 bits per heavy atom. The molecule has 0 saturated carbocycles. The van der Waals surface area contributed by atoms with Crippen LogP contribution in [0.15, 0.2) is 24.3 Å². The lowest BCUT2D eigenvalue weighted by Crippen LogP contribution is -2.49. The zero-order valence-corrected chi connectivity index (χ0v) is 13.4. The van der Waals surface area contributed by atoms with Crippen molar-refractivity contribution >= 4 is 5.69 Å². The van der Waals surface area contributed by atoms with Crippen molar-refractivity contribution in [1.82, 2.24) is 10.2 Å². The van der Waals surface area contributed by atoms with E-state index in [4.69, 9.17) is 0 Å². The first-order valence-corrected chi connectivity index (χ1v) is 7.92. The van der Waals surface area contributed by atoms with Crippen LogP contribution in [-0.2, 0) is 0 Å². The molecule has 112 valence electrons. The highest BCUT2D eigenvalue weighted by molar-refractivity contribution is 5.55. The molecule has 0 aliphatic carbocycles. The number of para-hydroxylation sites is 1. The SMILES string of the molecule is CCC(NC)c1ccccc1N1CCN(C(C)C)CC1. The van der Waals surface area contributed by atoms with Gasteiger partial charge in [-0.3, -0.25) is 4.90 Å². The van der Waals surface area contributed by atoms with Crippen LogP contribution in [0.5, 0.6) is 0 Å². The molecule has 1 aliphatic heterocycles. The van der Waals surface area contributed by atoms with Gasteiger partial charge in [0.25, 0.3) is 0 Å². The van der Waals surface area contributed by atoms with E-state index in [1.54, 1.807) is 0 Å². The lowest BCUT2D eigenvalue weighted by molar-refractivity contribution is 0.209. The number of anilines is 1. The van der Waals surface area contributed by atoms with Gasteiger partial charge in [0.1, 0.15) is 0 Å². The third-order valence-corrected chi connectivity index (χ3v) is 4.45. The summed E-state index contributed by atoms with van der Waals surface area (Å²) in [7, 11) is 2.06. The van der Waals surface area contributed by atoms with Gasteiger partial charge in [0, 0.05) is 44.0 Å². The van der Waals surface area contributed by atoms with E-state index in [1.807, 2.05) is 0 Å². The highest BCUT2D eigenvalue weighted by Gasteiger charge is 2.22. The highest BCUT2D eigenvalue weighted by atomic mass is 15.3. The zero-order valence-electron chi connectivity index (χ0n) is 13.4. The molecular formula is C17H29N3. The second-order valence-corrected chi connectivity index (χ2v) is 5.93. The standard InChI is InChI=1S/C17H29N3/c1-5-16(18-4)15-8-6-7-9-17(15)20-12-10-19(11-13-20)14(2)3/h6-9,14,16,18H,5,10-13H2,1-4H3. The maximum atomic E-state index is 3.44. The number of piperazine rings is 1. The number of hydrogen-bond donors (Lipinski definition) is 1. The molecule has 1 fully saturated rings. The van der Waals surface area contributed by atoms with Gasteiger partial charge < -0.3 is 10.2 Å². The first-order valence-electron chi connectivity index (χ1n) is 7.92. The smallest absolute Gasteiger partial charge is 0.0415 e. The fraction of sp³-hybridized carbons (Fsp3) is 0.647. The Balaban J connectivity index is 2.13. The van der Waals surface area contributed by atoms with E-state index in [1.165, 1.54) is 24.3 Å². The Morgan fingerprint density at radius 3 is 2.30 bits per heavy atom. The van der Waals surface area contributed by atoms with E-state index in [-0.39, 0.29) is 0 Å². The summed E-state index contributed by atoms with van der Waals surface area (Å²) in [6.07, 6.45) is 1.12. The molecule has 0 aromatic heterocycles. The molecule has 1 aromatic rings. The molecule has 1 heterocycles. The number of benzene rings is 1. The second-order valence-electron chi connectivity index (χ2n) is 5.93. The van der Waals surface area contributed by atoms with Gasteiger partial charge in [0.2, 0.25) is 0 Å². The van der Waals surface area contributed by atoms with Crippen LogP contribution in [0.3, 0.4) is 0 Å². The van der Waals surface area contributed by atoms with Gasteiger partial charge in [-0.2, -0.15) is 0 Å². The summed E-state index contributed by atoms with van der Waals surface area (Å²) in [5, 5.41) is 3.44. The first-order chi connectivity index (χ1) is 9.67. The maximum Gasteiger partial charge on any atom is 0.0415 e. The average Bonchev–Trinajstić information content (AvgIpc) is 2.49. The lowest BCUT2D eigenvalue weighted by atomic mass is 10.0. The summed E-state index contributed by atoms with van der Waals surface area (Å²) in [5.74, 6) is 0. The van der Waals surface area contributed by atoms with Crippen molar-refractivity contribution in [2.75, 3.05) is 38.1 Å². The van der Waals surface area contributed by atoms with E-state index in [0.717, 1.165) is 19.5 Å². The fourth-order valence-corrected chi connectivity index (χ4v) is 3.13. The first kappa shape index (κ1) is 15.3. The van der Waals surface area contributed by atoms with Crippen LogP contribution in [0.4, 0.5) is 5.69 Å². The predicted octanol–water partition coefficient (Wildman–Crippen LogP) is 2.89. The van der Waals surface area contributed by atoms with Crippen molar-refractivity contribution < 1.29 is 0 Å². The number of nitrogens with zero attached hydrogens (tertiary/aromatic N) is 2. The van der Waals surface area contributed by atoms with Crippen LogP contribution < -0.4 is 10.2 Å². The maximum absolute atomic E-state index is 3.44. The van der Waals surface area contributed by atoms with Crippen molar-refractivity contribution in [2.45, 2.75) is 39.3 Å². The van der Waals surface area contributed by atoms with Crippen LogP contribution in [-0.4, -0.2) is 44.2 Å². The molecule has 1 atom stereocenters. The van der Waals surface area contributed by atoms with E-state index in [9.17, 15) is 0 Å². The molecule has 1 aliphatic rings. The van der Waals surface area contributed by atoms with Crippen LogP contribution in [0, 0.1) is 0 Å². The molecule has 0 spiro atoms. The summed E-state index contributed by atoms with van der Waals surface area (Å²) >= 11 is 0. The molecule has 3 nitrogen and oxygen atoms in total. The molecular weight excluding hydrogens is 246 g/mol. The molecule has 3 heteroatoms. The topological polar surface area (TPSA) is 18.5 Å². The molecule has 20 heavy (non-hydrogen) atoms. The number of nitrogens with one attached hydrogen (secondary N) is 1. The molecule has 0 radical (unpaired) electrons. The van der Waals surface area contributed by atoms with Gasteiger partial charge in [-0.1, -0.05) is 25.1 Å². The van der Waals surface area contributed by atoms with E-state index in [2.05, 4.69) is 67.2 Å². The van der Waals surface area contributed by atoms with Crippen molar-refractivity contribution in [1.29, 1.82) is 0 Å². The summed E-state index contributed by atoms with van der Waals surface area (Å²) in [5.41, 5.74) is 2.85. The minimum atomic E-state index is 0.453. The Hall–Kier alpha value is -1.06. The van der Waals surface area contributed by atoms with Crippen LogP contribution >= 0.6 is 0 Å². The van der Waals surface area contributed by atoms with Gasteiger partial charge >= 0.3 is 0 Å². The normalized spacial score (nSPS) is 18.6. The van der Waals surface area contributed by atoms with Gasteiger partial charge in [-0.05, 0) is 38.9 Å². The van der Waals surface area contributed by atoms with E-state index in [0.29, 0.717) is 12.1 Å². The molecule has 1 unspecified atom stereocenters. The largest absolute Gasteiger partial charge is 0.369 e. The number of rotatable bonds is 5. The average molecular weight is 275 g/mol. The van der Waals surface area contributed by atoms with Crippen LogP contribution in [0.2, 0.25) is 0 Å². The van der Waals surface area contributed by atoms with Crippen LogP contribution in [0.25, 0.3) is 0 Å². The monoisotopic (exact) mass is 275 g/mol. The second kappa shape index (κ2) is 7.09. The van der Waals surface area contributed by atoms with Gasteiger partial charge in [-0.15, -0.1) is 0 Å². The summed E-state index contributed by atoms with van der Waals surface area (Å²) in [4.78, 5) is 5.11. The molecule has 1 N–H and O–H groups in total. The lowest BCUT2D eigenvalue weighted by Gasteiger charge is -2.39. The van der Waals surface area contributed by atoms with Crippen molar-refractivity contribution in [3.8, 4) is 0 Å². The Kier molecular flexibility index (Phi) is 5.44. The molecule has 1 aromatic carbocycles. The molecule has 1 saturated heterocycles. The third kappa shape index (κ3) is 3.33. The third-order valence-electron chi connectivity index (χ3n) is 4.45. The van der Waals surface area contributed by atoms with E-state index < -0.39 is 0 Å². The van der Waals surface area contributed by atoms with Crippen molar-refractivity contribution in [3.05, 3.63) is 29.8 Å². The van der Waals surface area contributed by atoms with Crippen molar-refractivity contribution in [2.24, 2.45) is 0 Å². The van der Waals surface area contributed by atoms with Gasteiger partial charge in [-0.25, -0.2) is 0 Å². The fourth-order valence-electron chi connectivity index (χ4n) is 3.13. The highest BCUT2D eigenvalue weighted by Crippen LogP contribution is 2.28. The minimum Gasteiger partial charge on any atom is -0.369 e. The molecule has 2 rings (SSSR count). The summed E-state index contributed by atoms with van der Waals surface area (Å²) < 4.78 is 0. The quantitative estimate of drug-likeness (QED) is 0.891.